The fourth-order valence-corrected chi connectivity index (χ4v) is 6.49. The van der Waals surface area contributed by atoms with Crippen molar-refractivity contribution in [2.24, 2.45) is 5.92 Å². The van der Waals surface area contributed by atoms with Crippen molar-refractivity contribution in [2.45, 2.75) is 88.4 Å². The molecule has 2 aliphatic heterocycles. The molecule has 2 aromatic rings. The van der Waals surface area contributed by atoms with Crippen LogP contribution in [0.5, 0.6) is 0 Å². The summed E-state index contributed by atoms with van der Waals surface area (Å²) in [5.41, 5.74) is -0.930. The highest BCUT2D eigenvalue weighted by Crippen LogP contribution is 2.58. The molecule has 0 bridgehead atoms. The maximum Gasteiger partial charge on any atom is 0.338 e. The van der Waals surface area contributed by atoms with E-state index in [0.29, 0.717) is 0 Å². The number of hydrogen-bond donors (Lipinski definition) is 1. The van der Waals surface area contributed by atoms with Crippen LogP contribution >= 0.6 is 0 Å². The summed E-state index contributed by atoms with van der Waals surface area (Å²) in [5.74, 6) is -4.26. The van der Waals surface area contributed by atoms with Gasteiger partial charge in [0, 0.05) is 20.8 Å². The molecule has 52 heavy (non-hydrogen) atoms. The number of ether oxygens (including phenoxy) is 9. The molecule has 0 radical (unpaired) electrons. The molecular weight excluding hydrogens is 684 g/mol. The lowest BCUT2D eigenvalue weighted by atomic mass is 9.97. The second-order valence-electron chi connectivity index (χ2n) is 12.7. The van der Waals surface area contributed by atoms with Gasteiger partial charge in [0.2, 0.25) is 0 Å². The summed E-state index contributed by atoms with van der Waals surface area (Å²) in [4.78, 5) is 62.5. The Morgan fingerprint density at radius 3 is 1.88 bits per heavy atom. The predicted molar refractivity (Wildman–Crippen MR) is 176 cm³/mol. The van der Waals surface area contributed by atoms with E-state index in [2.05, 4.69) is 6.58 Å². The second kappa shape index (κ2) is 16.8. The quantitative estimate of drug-likeness (QED) is 0.170. The standard InChI is InChI=1S/C37H42O15/c1-6-17-44-36-32(51-35(43)24-15-11-8-12-16-24)31(28(41)25(50-36)18-46-34(42)23-13-9-7-10-14-23)52-37(5)27-30(48-22(4)40)29(47-21(3)39)26(49-33(27)37)19-45-20(2)38/h6-16,25-33,36,41H,1,17-19H2,2-5H3/t25-,26-,27-,28-,29-,30-,31+,32-,33+,36+,37?/m1/s1. The van der Waals surface area contributed by atoms with Gasteiger partial charge in [-0.25, -0.2) is 9.59 Å². The van der Waals surface area contributed by atoms with Gasteiger partial charge in [0.05, 0.1) is 29.8 Å². The van der Waals surface area contributed by atoms with Crippen LogP contribution in [-0.2, 0) is 57.0 Å². The molecule has 1 unspecified atom stereocenters. The normalized spacial score (nSPS) is 31.9. The van der Waals surface area contributed by atoms with Crippen LogP contribution in [0.1, 0.15) is 48.4 Å². The molecule has 0 amide bonds. The molecule has 15 nitrogen and oxygen atoms in total. The molecule has 2 aromatic carbocycles. The van der Waals surface area contributed by atoms with Crippen LogP contribution in [-0.4, -0.2) is 115 Å². The predicted octanol–water partition coefficient (Wildman–Crippen LogP) is 2.33. The van der Waals surface area contributed by atoms with Gasteiger partial charge in [0.1, 0.15) is 49.3 Å². The number of carbonyl (C=O) groups is 5. The van der Waals surface area contributed by atoms with Crippen LogP contribution < -0.4 is 0 Å². The molecule has 0 aromatic heterocycles. The Bertz CT molecular complexity index is 1600. The van der Waals surface area contributed by atoms with Crippen LogP contribution in [0, 0.1) is 5.92 Å². The van der Waals surface area contributed by atoms with E-state index in [-0.39, 0.29) is 24.3 Å². The van der Waals surface area contributed by atoms with Gasteiger partial charge < -0.3 is 47.7 Å². The molecule has 3 aliphatic rings. The second-order valence-corrected chi connectivity index (χ2v) is 12.7. The summed E-state index contributed by atoms with van der Waals surface area (Å²) in [7, 11) is 0. The average Bonchev–Trinajstić information content (AvgIpc) is 3.71. The molecule has 280 valence electrons. The number of rotatable bonds is 14. The van der Waals surface area contributed by atoms with E-state index in [4.69, 9.17) is 42.6 Å². The Balaban J connectivity index is 1.48. The summed E-state index contributed by atoms with van der Waals surface area (Å²) in [6.45, 7) is 7.99. The first-order valence-corrected chi connectivity index (χ1v) is 16.7. The topological polar surface area (TPSA) is 189 Å². The summed E-state index contributed by atoms with van der Waals surface area (Å²) in [6, 6.07) is 16.3. The first-order valence-electron chi connectivity index (χ1n) is 16.7. The van der Waals surface area contributed by atoms with Gasteiger partial charge in [-0.3, -0.25) is 14.4 Å². The summed E-state index contributed by atoms with van der Waals surface area (Å²) in [5, 5.41) is 11.9. The van der Waals surface area contributed by atoms with Crippen molar-refractivity contribution in [3.05, 3.63) is 84.4 Å². The first-order chi connectivity index (χ1) is 24.8. The van der Waals surface area contributed by atoms with Crippen LogP contribution in [0.15, 0.2) is 73.3 Å². The molecule has 11 atom stereocenters. The van der Waals surface area contributed by atoms with E-state index in [0.717, 1.165) is 0 Å². The van der Waals surface area contributed by atoms with Gasteiger partial charge in [0.25, 0.3) is 0 Å². The highest BCUT2D eigenvalue weighted by atomic mass is 16.7. The number of benzene rings is 2. The molecule has 1 aliphatic carbocycles. The molecule has 2 saturated heterocycles. The SMILES string of the molecule is C=CCO[C@H]1O[C@H](COC(=O)c2ccccc2)[C@@H](O)[C@H](OC2(C)[C@@H]3[C@@H](OC(C)=O)[C@H](OC(C)=O)[C@@H](COC(C)=O)O[C@@H]32)[C@H]1OC(=O)c1ccccc1. The number of aliphatic hydroxyl groups is 1. The zero-order chi connectivity index (χ0) is 37.6. The molecule has 0 spiro atoms. The van der Waals surface area contributed by atoms with Gasteiger partial charge >= 0.3 is 29.8 Å². The van der Waals surface area contributed by atoms with Crippen LogP contribution in [0.3, 0.4) is 0 Å². The van der Waals surface area contributed by atoms with Gasteiger partial charge in [-0.15, -0.1) is 6.58 Å². The Hall–Kier alpha value is -4.67. The molecule has 5 rings (SSSR count). The van der Waals surface area contributed by atoms with Crippen molar-refractivity contribution in [3.63, 3.8) is 0 Å². The van der Waals surface area contributed by atoms with Gasteiger partial charge in [-0.2, -0.15) is 0 Å². The average molecular weight is 727 g/mol. The molecule has 15 heteroatoms. The Labute approximate surface area is 300 Å². The minimum absolute atomic E-state index is 0.0640. The van der Waals surface area contributed by atoms with Gasteiger partial charge in [0.15, 0.2) is 18.5 Å². The van der Waals surface area contributed by atoms with Crippen molar-refractivity contribution in [3.8, 4) is 0 Å². The summed E-state index contributed by atoms with van der Waals surface area (Å²) in [6.07, 6.45) is -9.87. The van der Waals surface area contributed by atoms with Crippen LogP contribution in [0.25, 0.3) is 0 Å². The lowest BCUT2D eigenvalue weighted by Crippen LogP contribution is -2.62. The molecule has 1 saturated carbocycles. The molecule has 1 N–H and O–H groups in total. The zero-order valence-electron chi connectivity index (χ0n) is 29.1. The van der Waals surface area contributed by atoms with E-state index >= 15 is 0 Å². The first kappa shape index (κ1) is 38.6. The fourth-order valence-electron chi connectivity index (χ4n) is 6.49. The van der Waals surface area contributed by atoms with E-state index in [1.165, 1.54) is 39.0 Å². The molecule has 2 heterocycles. The number of hydrogen-bond acceptors (Lipinski definition) is 15. The Morgan fingerprint density at radius 2 is 1.31 bits per heavy atom. The van der Waals surface area contributed by atoms with E-state index in [1.54, 1.807) is 55.5 Å². The minimum atomic E-state index is -1.60. The van der Waals surface area contributed by atoms with Crippen LogP contribution in [0.4, 0.5) is 0 Å². The minimum Gasteiger partial charge on any atom is -0.463 e. The Kier molecular flexibility index (Phi) is 12.4. The van der Waals surface area contributed by atoms with E-state index < -0.39 is 103 Å². The summed E-state index contributed by atoms with van der Waals surface area (Å²) < 4.78 is 52.7. The molecular formula is C37H42O15. The summed E-state index contributed by atoms with van der Waals surface area (Å²) >= 11 is 0. The maximum atomic E-state index is 13.4. The highest BCUT2D eigenvalue weighted by Gasteiger charge is 2.75. The van der Waals surface area contributed by atoms with Crippen molar-refractivity contribution >= 4 is 29.8 Å². The fraction of sp³-hybridized carbons (Fsp3) is 0.486. The molecule has 3 fully saturated rings. The van der Waals surface area contributed by atoms with E-state index in [9.17, 15) is 29.1 Å². The number of aliphatic hydroxyl groups excluding tert-OH is 1. The maximum absolute atomic E-state index is 13.4. The number of fused-ring (bicyclic) bond motifs is 1. The third kappa shape index (κ3) is 8.85. The van der Waals surface area contributed by atoms with E-state index in [1.807, 2.05) is 0 Å². The Morgan fingerprint density at radius 1 is 0.731 bits per heavy atom. The lowest BCUT2D eigenvalue weighted by Gasteiger charge is -2.44. The third-order valence-corrected chi connectivity index (χ3v) is 8.89. The monoisotopic (exact) mass is 726 g/mol. The van der Waals surface area contributed by atoms with Crippen LogP contribution in [0.2, 0.25) is 0 Å². The zero-order valence-corrected chi connectivity index (χ0v) is 29.1. The lowest BCUT2D eigenvalue weighted by molar-refractivity contribution is -0.312. The van der Waals surface area contributed by atoms with Gasteiger partial charge in [-0.1, -0.05) is 42.5 Å². The van der Waals surface area contributed by atoms with Crippen molar-refractivity contribution in [1.82, 2.24) is 0 Å². The third-order valence-electron chi connectivity index (χ3n) is 8.89. The largest absolute Gasteiger partial charge is 0.463 e. The number of esters is 5. The number of carbonyl (C=O) groups excluding carboxylic acids is 5. The van der Waals surface area contributed by atoms with Crippen molar-refractivity contribution in [2.75, 3.05) is 19.8 Å². The van der Waals surface area contributed by atoms with Crippen molar-refractivity contribution < 1.29 is 71.7 Å². The highest BCUT2D eigenvalue weighted by molar-refractivity contribution is 5.90. The smallest absolute Gasteiger partial charge is 0.338 e. The van der Waals surface area contributed by atoms with Gasteiger partial charge in [-0.05, 0) is 31.2 Å². The van der Waals surface area contributed by atoms with Crippen molar-refractivity contribution in [1.29, 1.82) is 0 Å².